The Bertz CT molecular complexity index is 259. The first-order valence-corrected chi connectivity index (χ1v) is 7.21. The molecule has 0 aromatic carbocycles. The van der Waals surface area contributed by atoms with Crippen LogP contribution in [0.25, 0.3) is 0 Å². The summed E-state index contributed by atoms with van der Waals surface area (Å²) >= 11 is 0. The summed E-state index contributed by atoms with van der Waals surface area (Å²) in [6.07, 6.45) is 8.00. The predicted octanol–water partition coefficient (Wildman–Crippen LogP) is 2.37. The van der Waals surface area contributed by atoms with Gasteiger partial charge in [-0.2, -0.15) is 0 Å². The quantitative estimate of drug-likeness (QED) is 0.797. The second-order valence-electron chi connectivity index (χ2n) is 5.99. The summed E-state index contributed by atoms with van der Waals surface area (Å²) in [5, 5.41) is 3.41. The first kappa shape index (κ1) is 12.9. The standard InChI is InChI=1S/C14H26N2O/c1-11(2)6-5-9-16-13(17)10-15-14(16)12-7-3-4-8-12/h11-12,14-15H,3-10H2,1-2H3. The van der Waals surface area contributed by atoms with Gasteiger partial charge in [-0.1, -0.05) is 26.7 Å². The van der Waals surface area contributed by atoms with Gasteiger partial charge in [-0.15, -0.1) is 0 Å². The van der Waals surface area contributed by atoms with E-state index in [4.69, 9.17) is 0 Å². The van der Waals surface area contributed by atoms with Crippen LogP contribution in [-0.2, 0) is 4.79 Å². The molecular weight excluding hydrogens is 212 g/mol. The van der Waals surface area contributed by atoms with Crippen LogP contribution in [0.4, 0.5) is 0 Å². The Morgan fingerprint density at radius 2 is 2.06 bits per heavy atom. The molecule has 2 aliphatic rings. The number of amides is 1. The van der Waals surface area contributed by atoms with Gasteiger partial charge in [0.1, 0.15) is 0 Å². The second-order valence-corrected chi connectivity index (χ2v) is 5.99. The zero-order valence-corrected chi connectivity index (χ0v) is 11.2. The van der Waals surface area contributed by atoms with Crippen molar-refractivity contribution in [2.24, 2.45) is 11.8 Å². The molecule has 3 nitrogen and oxygen atoms in total. The lowest BCUT2D eigenvalue weighted by Gasteiger charge is -2.29. The van der Waals surface area contributed by atoms with Crippen LogP contribution in [0.3, 0.4) is 0 Å². The molecule has 1 amide bonds. The molecule has 0 aromatic heterocycles. The lowest BCUT2D eigenvalue weighted by atomic mass is 10.0. The third kappa shape index (κ3) is 3.21. The highest BCUT2D eigenvalue weighted by Gasteiger charge is 2.36. The topological polar surface area (TPSA) is 32.3 Å². The zero-order chi connectivity index (χ0) is 12.3. The predicted molar refractivity (Wildman–Crippen MR) is 69.5 cm³/mol. The van der Waals surface area contributed by atoms with Gasteiger partial charge in [-0.3, -0.25) is 10.1 Å². The Labute approximate surface area is 105 Å². The molecule has 1 unspecified atom stereocenters. The van der Waals surface area contributed by atoms with Crippen LogP contribution in [0.15, 0.2) is 0 Å². The maximum Gasteiger partial charge on any atom is 0.237 e. The molecule has 1 N–H and O–H groups in total. The summed E-state index contributed by atoms with van der Waals surface area (Å²) in [5.74, 6) is 1.76. The van der Waals surface area contributed by atoms with Gasteiger partial charge in [-0.05, 0) is 37.5 Å². The summed E-state index contributed by atoms with van der Waals surface area (Å²) in [6.45, 7) is 6.00. The van der Waals surface area contributed by atoms with Gasteiger partial charge in [0.2, 0.25) is 5.91 Å². The van der Waals surface area contributed by atoms with Gasteiger partial charge >= 0.3 is 0 Å². The van der Waals surface area contributed by atoms with Crippen LogP contribution in [0.1, 0.15) is 52.4 Å². The van der Waals surface area contributed by atoms with Crippen molar-refractivity contribution >= 4 is 5.91 Å². The Hall–Kier alpha value is -0.570. The van der Waals surface area contributed by atoms with Gasteiger partial charge in [-0.25, -0.2) is 0 Å². The molecule has 1 saturated carbocycles. The highest BCUT2D eigenvalue weighted by atomic mass is 16.2. The zero-order valence-electron chi connectivity index (χ0n) is 11.2. The van der Waals surface area contributed by atoms with E-state index in [9.17, 15) is 4.79 Å². The number of hydrogen-bond donors (Lipinski definition) is 1. The van der Waals surface area contributed by atoms with Crippen molar-refractivity contribution in [3.63, 3.8) is 0 Å². The van der Waals surface area contributed by atoms with Crippen molar-refractivity contribution in [1.29, 1.82) is 0 Å². The molecule has 0 aromatic rings. The van der Waals surface area contributed by atoms with Gasteiger partial charge in [0.25, 0.3) is 0 Å². The molecule has 1 heterocycles. The van der Waals surface area contributed by atoms with Crippen molar-refractivity contribution in [3.05, 3.63) is 0 Å². The number of nitrogens with one attached hydrogen (secondary N) is 1. The lowest BCUT2D eigenvalue weighted by molar-refractivity contribution is -0.128. The Morgan fingerprint density at radius 3 is 2.71 bits per heavy atom. The maximum absolute atomic E-state index is 11.9. The number of rotatable bonds is 5. The molecule has 1 atom stereocenters. The summed E-state index contributed by atoms with van der Waals surface area (Å²) in [6, 6.07) is 0. The smallest absolute Gasteiger partial charge is 0.237 e. The summed E-state index contributed by atoms with van der Waals surface area (Å²) in [4.78, 5) is 14.0. The van der Waals surface area contributed by atoms with E-state index in [1.165, 1.54) is 32.1 Å². The monoisotopic (exact) mass is 238 g/mol. The third-order valence-corrected chi connectivity index (χ3v) is 4.15. The Morgan fingerprint density at radius 1 is 1.35 bits per heavy atom. The largest absolute Gasteiger partial charge is 0.326 e. The van der Waals surface area contributed by atoms with E-state index >= 15 is 0 Å². The summed E-state index contributed by atoms with van der Waals surface area (Å²) in [7, 11) is 0. The highest BCUT2D eigenvalue weighted by Crippen LogP contribution is 2.31. The number of carbonyl (C=O) groups is 1. The van der Waals surface area contributed by atoms with Crippen molar-refractivity contribution in [3.8, 4) is 0 Å². The van der Waals surface area contributed by atoms with E-state index in [1.54, 1.807) is 0 Å². The number of nitrogens with zero attached hydrogens (tertiary/aromatic N) is 1. The fraction of sp³-hybridized carbons (Fsp3) is 0.929. The molecule has 0 radical (unpaired) electrons. The Kier molecular flexibility index (Phi) is 4.43. The number of hydrogen-bond acceptors (Lipinski definition) is 2. The SMILES string of the molecule is CC(C)CCCN1C(=O)CNC1C1CCCC1. The van der Waals surface area contributed by atoms with Crippen LogP contribution < -0.4 is 5.32 Å². The minimum Gasteiger partial charge on any atom is -0.326 e. The van der Waals surface area contributed by atoms with Crippen LogP contribution in [-0.4, -0.2) is 30.1 Å². The van der Waals surface area contributed by atoms with Crippen molar-refractivity contribution in [1.82, 2.24) is 10.2 Å². The van der Waals surface area contributed by atoms with E-state index in [0.29, 0.717) is 24.5 Å². The first-order chi connectivity index (χ1) is 8.18. The molecule has 2 rings (SSSR count). The average Bonchev–Trinajstić information content (AvgIpc) is 2.88. The minimum atomic E-state index is 0.311. The van der Waals surface area contributed by atoms with E-state index in [0.717, 1.165) is 18.9 Å². The molecule has 1 aliphatic carbocycles. The summed E-state index contributed by atoms with van der Waals surface area (Å²) < 4.78 is 0. The van der Waals surface area contributed by atoms with Gasteiger partial charge in [0, 0.05) is 6.54 Å². The molecule has 2 fully saturated rings. The molecule has 98 valence electrons. The molecule has 1 aliphatic heterocycles. The normalized spacial score (nSPS) is 26.4. The van der Waals surface area contributed by atoms with E-state index in [1.807, 2.05) is 0 Å². The highest BCUT2D eigenvalue weighted by molar-refractivity contribution is 5.80. The van der Waals surface area contributed by atoms with Gasteiger partial charge in [0.05, 0.1) is 12.7 Å². The first-order valence-electron chi connectivity index (χ1n) is 7.21. The molecule has 3 heteroatoms. The lowest BCUT2D eigenvalue weighted by Crippen LogP contribution is -2.42. The molecule has 17 heavy (non-hydrogen) atoms. The van der Waals surface area contributed by atoms with Crippen LogP contribution in [0.5, 0.6) is 0 Å². The van der Waals surface area contributed by atoms with Crippen molar-refractivity contribution < 1.29 is 4.79 Å². The summed E-state index contributed by atoms with van der Waals surface area (Å²) in [5.41, 5.74) is 0. The molecule has 0 spiro atoms. The average molecular weight is 238 g/mol. The molecule has 0 bridgehead atoms. The van der Waals surface area contributed by atoms with Crippen molar-refractivity contribution in [2.45, 2.75) is 58.5 Å². The minimum absolute atomic E-state index is 0.311. The van der Waals surface area contributed by atoms with Crippen LogP contribution >= 0.6 is 0 Å². The van der Waals surface area contributed by atoms with E-state index < -0.39 is 0 Å². The fourth-order valence-corrected chi connectivity index (χ4v) is 3.19. The van der Waals surface area contributed by atoms with Gasteiger partial charge in [0.15, 0.2) is 0 Å². The van der Waals surface area contributed by atoms with E-state index in [2.05, 4.69) is 24.1 Å². The fourth-order valence-electron chi connectivity index (χ4n) is 3.19. The van der Waals surface area contributed by atoms with Crippen molar-refractivity contribution in [2.75, 3.05) is 13.1 Å². The van der Waals surface area contributed by atoms with Crippen LogP contribution in [0, 0.1) is 11.8 Å². The molecular formula is C14H26N2O. The second kappa shape index (κ2) is 5.85. The van der Waals surface area contributed by atoms with Gasteiger partial charge < -0.3 is 4.90 Å². The van der Waals surface area contributed by atoms with Crippen LogP contribution in [0.2, 0.25) is 0 Å². The third-order valence-electron chi connectivity index (χ3n) is 4.15. The number of carbonyl (C=O) groups excluding carboxylic acids is 1. The molecule has 1 saturated heterocycles. The maximum atomic E-state index is 11.9. The van der Waals surface area contributed by atoms with E-state index in [-0.39, 0.29) is 0 Å². The Balaban J connectivity index is 1.85.